The summed E-state index contributed by atoms with van der Waals surface area (Å²) in [6, 6.07) is 0. The molecule has 156 valence electrons. The standard InChI is InChI=1S/C22H39NO4/c1-8-26-19(25)22(14-20(3,4)23(7)21(5,6)15-22)16(2)27-18(24)17-12-10-9-11-13-17/h16-17H,8-15H2,1-7H3. The van der Waals surface area contributed by atoms with E-state index in [0.717, 1.165) is 25.7 Å². The lowest BCUT2D eigenvalue weighted by Gasteiger charge is -2.58. The van der Waals surface area contributed by atoms with E-state index in [2.05, 4.69) is 39.6 Å². The highest BCUT2D eigenvalue weighted by molar-refractivity contribution is 5.79. The van der Waals surface area contributed by atoms with Crippen LogP contribution in [0.25, 0.3) is 0 Å². The first-order chi connectivity index (χ1) is 12.5. The second kappa shape index (κ2) is 8.10. The van der Waals surface area contributed by atoms with Gasteiger partial charge in [0.2, 0.25) is 0 Å². The third kappa shape index (κ3) is 4.49. The molecule has 1 heterocycles. The summed E-state index contributed by atoms with van der Waals surface area (Å²) in [4.78, 5) is 28.3. The molecule has 0 N–H and O–H groups in total. The van der Waals surface area contributed by atoms with Crippen molar-refractivity contribution < 1.29 is 19.1 Å². The highest BCUT2D eigenvalue weighted by Gasteiger charge is 2.59. The summed E-state index contributed by atoms with van der Waals surface area (Å²) in [6.07, 6.45) is 5.88. The van der Waals surface area contributed by atoms with Crippen molar-refractivity contribution in [2.24, 2.45) is 11.3 Å². The van der Waals surface area contributed by atoms with Gasteiger partial charge >= 0.3 is 11.9 Å². The van der Waals surface area contributed by atoms with Crippen LogP contribution in [-0.2, 0) is 19.1 Å². The number of nitrogens with zero attached hydrogens (tertiary/aromatic N) is 1. The normalized spacial score (nSPS) is 26.2. The molecular formula is C22H39NO4. The predicted octanol–water partition coefficient (Wildman–Crippen LogP) is 4.33. The fourth-order valence-electron chi connectivity index (χ4n) is 5.26. The highest BCUT2D eigenvalue weighted by Crippen LogP contribution is 2.51. The number of rotatable bonds is 5. The SMILES string of the molecule is CCOC(=O)C1(C(C)OC(=O)C2CCCCC2)CC(C)(C)N(C)C(C)(C)C1. The maximum atomic E-state index is 13.2. The Kier molecular flexibility index (Phi) is 6.66. The molecule has 0 bridgehead atoms. The number of carbonyl (C=O) groups is 2. The molecule has 1 unspecified atom stereocenters. The molecule has 0 aromatic heterocycles. The van der Waals surface area contributed by atoms with Crippen LogP contribution >= 0.6 is 0 Å². The molecular weight excluding hydrogens is 342 g/mol. The monoisotopic (exact) mass is 381 g/mol. The smallest absolute Gasteiger partial charge is 0.315 e. The number of ether oxygens (including phenoxy) is 2. The fourth-order valence-corrected chi connectivity index (χ4v) is 5.26. The molecule has 1 aliphatic heterocycles. The van der Waals surface area contributed by atoms with Crippen LogP contribution in [0.5, 0.6) is 0 Å². The molecule has 0 aromatic rings. The molecule has 27 heavy (non-hydrogen) atoms. The minimum absolute atomic E-state index is 0.0206. The van der Waals surface area contributed by atoms with E-state index in [1.807, 2.05) is 13.8 Å². The number of hydrogen-bond donors (Lipinski definition) is 0. The molecule has 1 atom stereocenters. The average Bonchev–Trinajstić information content (AvgIpc) is 2.59. The lowest BCUT2D eigenvalue weighted by Crippen LogP contribution is -2.66. The molecule has 2 rings (SSSR count). The van der Waals surface area contributed by atoms with Crippen LogP contribution in [0.15, 0.2) is 0 Å². The van der Waals surface area contributed by atoms with E-state index in [4.69, 9.17) is 9.47 Å². The topological polar surface area (TPSA) is 55.8 Å². The molecule has 5 nitrogen and oxygen atoms in total. The van der Waals surface area contributed by atoms with Gasteiger partial charge < -0.3 is 9.47 Å². The van der Waals surface area contributed by atoms with Crippen molar-refractivity contribution >= 4 is 11.9 Å². The van der Waals surface area contributed by atoms with Crippen molar-refractivity contribution in [2.45, 2.75) is 104 Å². The Labute approximate surface area is 165 Å². The minimum atomic E-state index is -0.820. The van der Waals surface area contributed by atoms with Crippen molar-refractivity contribution in [3.8, 4) is 0 Å². The average molecular weight is 382 g/mol. The molecule has 0 radical (unpaired) electrons. The first-order valence-electron chi connectivity index (χ1n) is 10.6. The van der Waals surface area contributed by atoms with Crippen LogP contribution in [0.1, 0.15) is 86.5 Å². The van der Waals surface area contributed by atoms with Gasteiger partial charge in [-0.25, -0.2) is 0 Å². The van der Waals surface area contributed by atoms with Gasteiger partial charge in [-0.15, -0.1) is 0 Å². The third-order valence-electron chi connectivity index (χ3n) is 7.00. The largest absolute Gasteiger partial charge is 0.465 e. The molecule has 0 aromatic carbocycles. The van der Waals surface area contributed by atoms with E-state index < -0.39 is 11.5 Å². The summed E-state index contributed by atoms with van der Waals surface area (Å²) < 4.78 is 11.5. The fraction of sp³-hybridized carbons (Fsp3) is 0.909. The van der Waals surface area contributed by atoms with Crippen molar-refractivity contribution in [3.05, 3.63) is 0 Å². The maximum absolute atomic E-state index is 13.2. The van der Waals surface area contributed by atoms with Gasteiger partial charge in [0.25, 0.3) is 0 Å². The van der Waals surface area contributed by atoms with Crippen LogP contribution in [0, 0.1) is 11.3 Å². The van der Waals surface area contributed by atoms with E-state index in [1.54, 1.807) is 0 Å². The van der Waals surface area contributed by atoms with Crippen LogP contribution in [0.4, 0.5) is 0 Å². The Hall–Kier alpha value is -1.10. The van der Waals surface area contributed by atoms with E-state index in [1.165, 1.54) is 6.42 Å². The van der Waals surface area contributed by atoms with Crippen molar-refractivity contribution in [3.63, 3.8) is 0 Å². The van der Waals surface area contributed by atoms with Crippen LogP contribution in [0.2, 0.25) is 0 Å². The highest BCUT2D eigenvalue weighted by atomic mass is 16.6. The Morgan fingerprint density at radius 1 is 1.04 bits per heavy atom. The zero-order valence-corrected chi connectivity index (χ0v) is 18.4. The molecule has 1 saturated carbocycles. The third-order valence-corrected chi connectivity index (χ3v) is 7.00. The molecule has 0 amide bonds. The summed E-state index contributed by atoms with van der Waals surface area (Å²) in [6.45, 7) is 12.6. The molecule has 2 aliphatic rings. The minimum Gasteiger partial charge on any atom is -0.465 e. The Morgan fingerprint density at radius 2 is 1.56 bits per heavy atom. The van der Waals surface area contributed by atoms with Crippen molar-refractivity contribution in [1.29, 1.82) is 0 Å². The molecule has 0 spiro atoms. The van der Waals surface area contributed by atoms with Gasteiger partial charge in [0.15, 0.2) is 0 Å². The Morgan fingerprint density at radius 3 is 2.04 bits per heavy atom. The van der Waals surface area contributed by atoms with Gasteiger partial charge in [0, 0.05) is 11.1 Å². The lowest BCUT2D eigenvalue weighted by molar-refractivity contribution is -0.192. The molecule has 5 heteroatoms. The van der Waals surface area contributed by atoms with Crippen molar-refractivity contribution in [1.82, 2.24) is 4.90 Å². The van der Waals surface area contributed by atoms with E-state index >= 15 is 0 Å². The van der Waals surface area contributed by atoms with Gasteiger partial charge in [-0.3, -0.25) is 14.5 Å². The predicted molar refractivity (Wildman–Crippen MR) is 106 cm³/mol. The summed E-state index contributed by atoms with van der Waals surface area (Å²) in [5.74, 6) is -0.392. The first-order valence-corrected chi connectivity index (χ1v) is 10.6. The Balaban J connectivity index is 2.30. The number of carbonyl (C=O) groups excluding carboxylic acids is 2. The zero-order chi connectivity index (χ0) is 20.5. The van der Waals surface area contributed by atoms with E-state index in [9.17, 15) is 9.59 Å². The van der Waals surface area contributed by atoms with Gasteiger partial charge in [0.1, 0.15) is 11.5 Å². The van der Waals surface area contributed by atoms with Crippen LogP contribution < -0.4 is 0 Å². The van der Waals surface area contributed by atoms with Crippen molar-refractivity contribution in [2.75, 3.05) is 13.7 Å². The second-order valence-corrected chi connectivity index (χ2v) is 9.83. The summed E-state index contributed by atoms with van der Waals surface area (Å²) >= 11 is 0. The Bertz CT molecular complexity index is 531. The quantitative estimate of drug-likeness (QED) is 0.664. The summed E-state index contributed by atoms with van der Waals surface area (Å²) in [5.41, 5.74) is -1.24. The zero-order valence-electron chi connectivity index (χ0n) is 18.4. The van der Waals surface area contributed by atoms with Crippen LogP contribution in [0.3, 0.4) is 0 Å². The van der Waals surface area contributed by atoms with Crippen LogP contribution in [-0.4, -0.2) is 47.7 Å². The molecule has 2 fully saturated rings. The van der Waals surface area contributed by atoms with Gasteiger partial charge in [-0.05, 0) is 74.3 Å². The summed E-state index contributed by atoms with van der Waals surface area (Å²) in [5, 5.41) is 0. The summed E-state index contributed by atoms with van der Waals surface area (Å²) in [7, 11) is 2.10. The lowest BCUT2D eigenvalue weighted by atomic mass is 9.62. The van der Waals surface area contributed by atoms with E-state index in [0.29, 0.717) is 19.4 Å². The molecule has 1 aliphatic carbocycles. The number of likely N-dealkylation sites (tertiary alicyclic amines) is 1. The first kappa shape index (κ1) is 22.2. The van der Waals surface area contributed by atoms with Gasteiger partial charge in [0.05, 0.1) is 12.5 Å². The number of esters is 2. The van der Waals surface area contributed by atoms with Gasteiger partial charge in [-0.2, -0.15) is 0 Å². The maximum Gasteiger partial charge on any atom is 0.315 e. The van der Waals surface area contributed by atoms with Gasteiger partial charge in [-0.1, -0.05) is 19.3 Å². The number of piperidine rings is 1. The number of hydrogen-bond acceptors (Lipinski definition) is 5. The van der Waals surface area contributed by atoms with E-state index in [-0.39, 0.29) is 28.9 Å². The molecule has 1 saturated heterocycles. The second-order valence-electron chi connectivity index (χ2n) is 9.83.